The first-order valence-corrected chi connectivity index (χ1v) is 13.1. The Labute approximate surface area is 218 Å². The molecule has 3 heterocycles. The number of fused-ring (bicyclic) bond motifs is 3. The van der Waals surface area contributed by atoms with Gasteiger partial charge in [-0.3, -0.25) is 9.20 Å². The molecule has 10 heteroatoms. The van der Waals surface area contributed by atoms with Crippen LogP contribution in [0, 0.1) is 0 Å². The average Bonchev–Trinajstić information content (AvgIpc) is 3.56. The van der Waals surface area contributed by atoms with E-state index in [-0.39, 0.29) is 11.7 Å². The number of aromatic nitrogens is 5. The third-order valence-corrected chi connectivity index (χ3v) is 6.83. The van der Waals surface area contributed by atoms with Crippen LogP contribution in [0.1, 0.15) is 25.3 Å². The molecule has 0 saturated carbocycles. The molecule has 0 aliphatic heterocycles. The summed E-state index contributed by atoms with van der Waals surface area (Å²) in [6.45, 7) is 3.32. The van der Waals surface area contributed by atoms with E-state index in [0.717, 1.165) is 53.3 Å². The molecule has 0 unspecified atom stereocenters. The van der Waals surface area contributed by atoms with E-state index in [0.29, 0.717) is 17.3 Å². The highest BCUT2D eigenvalue weighted by Gasteiger charge is 2.14. The second-order valence-electron chi connectivity index (χ2n) is 8.47. The van der Waals surface area contributed by atoms with Crippen LogP contribution in [0.4, 0.5) is 0 Å². The van der Waals surface area contributed by atoms with Gasteiger partial charge in [0.2, 0.25) is 5.91 Å². The molecule has 1 N–H and O–H groups in total. The molecule has 0 atom stereocenters. The maximum atomic E-state index is 12.4. The van der Waals surface area contributed by atoms with Gasteiger partial charge in [0.25, 0.3) is 0 Å². The largest absolute Gasteiger partial charge is 0.497 e. The number of nitrogens with zero attached hydrogens (tertiary/aromatic N) is 5. The Morgan fingerprint density at radius 2 is 1.81 bits per heavy atom. The van der Waals surface area contributed by atoms with E-state index >= 15 is 0 Å². The van der Waals surface area contributed by atoms with Crippen molar-refractivity contribution in [3.63, 3.8) is 0 Å². The molecule has 0 bridgehead atoms. The van der Waals surface area contributed by atoms with Crippen LogP contribution in [0.3, 0.4) is 0 Å². The van der Waals surface area contributed by atoms with E-state index in [2.05, 4.69) is 22.4 Å². The van der Waals surface area contributed by atoms with Crippen molar-refractivity contribution in [3.05, 3.63) is 72.6 Å². The standard InChI is InChI=1S/C27H28N6O3S/c1-3-4-15-36-22-11-7-20(8-12-22)23-16-24-26-29-30-27(32(26)13-14-33(24)31-23)37-18-25(34)28-17-19-5-9-21(35-2)10-6-19/h5-14,16H,3-4,15,17-18H2,1-2H3,(H,28,34). The number of carbonyl (C=O) groups is 1. The Morgan fingerprint density at radius 1 is 1.03 bits per heavy atom. The molecule has 190 valence electrons. The minimum Gasteiger partial charge on any atom is -0.497 e. The van der Waals surface area contributed by atoms with Gasteiger partial charge in [0, 0.05) is 24.5 Å². The van der Waals surface area contributed by atoms with Crippen molar-refractivity contribution in [2.75, 3.05) is 19.5 Å². The Morgan fingerprint density at radius 3 is 2.57 bits per heavy atom. The van der Waals surface area contributed by atoms with Gasteiger partial charge in [-0.2, -0.15) is 5.10 Å². The third-order valence-electron chi connectivity index (χ3n) is 5.88. The Hall–Kier alpha value is -4.05. The molecule has 9 nitrogen and oxygen atoms in total. The Bertz CT molecular complexity index is 1490. The van der Waals surface area contributed by atoms with Gasteiger partial charge in [-0.05, 0) is 54.4 Å². The molecule has 2 aromatic carbocycles. The molecule has 1 amide bonds. The van der Waals surface area contributed by atoms with E-state index in [1.165, 1.54) is 11.8 Å². The number of nitrogens with one attached hydrogen (secondary N) is 1. The first kappa shape index (κ1) is 24.6. The lowest BCUT2D eigenvalue weighted by Gasteiger charge is -2.06. The number of thioether (sulfide) groups is 1. The van der Waals surface area contributed by atoms with Crippen LogP contribution < -0.4 is 14.8 Å². The first-order valence-electron chi connectivity index (χ1n) is 12.1. The molecule has 0 aliphatic carbocycles. The van der Waals surface area contributed by atoms with E-state index in [1.54, 1.807) is 11.6 Å². The van der Waals surface area contributed by atoms with Gasteiger partial charge in [-0.25, -0.2) is 4.52 Å². The number of hydrogen-bond acceptors (Lipinski definition) is 7. The molecular weight excluding hydrogens is 488 g/mol. The predicted octanol–water partition coefficient (Wildman–Crippen LogP) is 4.64. The smallest absolute Gasteiger partial charge is 0.230 e. The second-order valence-corrected chi connectivity index (χ2v) is 9.42. The maximum absolute atomic E-state index is 12.4. The molecule has 0 saturated heterocycles. The molecule has 0 radical (unpaired) electrons. The van der Waals surface area contributed by atoms with Gasteiger partial charge in [-0.15, -0.1) is 10.2 Å². The number of benzene rings is 2. The number of carbonyl (C=O) groups excluding carboxylic acids is 1. The SMILES string of the molecule is CCCCOc1ccc(-c2cc3c4nnc(SCC(=O)NCc5ccc(OC)cc5)n4ccn3n2)cc1. The lowest BCUT2D eigenvalue weighted by Crippen LogP contribution is -2.24. The monoisotopic (exact) mass is 516 g/mol. The number of unbranched alkanes of at least 4 members (excludes halogenated alkanes) is 1. The summed E-state index contributed by atoms with van der Waals surface area (Å²) in [5, 5.41) is 17.0. The van der Waals surface area contributed by atoms with E-state index in [4.69, 9.17) is 14.6 Å². The molecule has 5 aromatic rings. The summed E-state index contributed by atoms with van der Waals surface area (Å²) in [7, 11) is 1.63. The fraction of sp³-hybridized carbons (Fsp3) is 0.259. The van der Waals surface area contributed by atoms with Crippen LogP contribution in [0.2, 0.25) is 0 Å². The van der Waals surface area contributed by atoms with Crippen molar-refractivity contribution in [1.82, 2.24) is 29.5 Å². The fourth-order valence-electron chi connectivity index (χ4n) is 3.81. The van der Waals surface area contributed by atoms with Gasteiger partial charge in [-0.1, -0.05) is 37.2 Å². The van der Waals surface area contributed by atoms with Crippen LogP contribution in [0.5, 0.6) is 11.5 Å². The van der Waals surface area contributed by atoms with Gasteiger partial charge in [0.05, 0.1) is 25.2 Å². The van der Waals surface area contributed by atoms with Gasteiger partial charge < -0.3 is 14.8 Å². The molecule has 3 aromatic heterocycles. The topological polar surface area (TPSA) is 95.0 Å². The van der Waals surface area contributed by atoms with Gasteiger partial charge in [0.1, 0.15) is 17.0 Å². The predicted molar refractivity (Wildman–Crippen MR) is 143 cm³/mol. The summed E-state index contributed by atoms with van der Waals surface area (Å²) in [6, 6.07) is 17.6. The van der Waals surface area contributed by atoms with E-state index in [1.807, 2.05) is 71.4 Å². The number of ether oxygens (including phenoxy) is 2. The quantitative estimate of drug-likeness (QED) is 0.202. The van der Waals surface area contributed by atoms with Crippen LogP contribution in [0.25, 0.3) is 22.4 Å². The molecule has 5 rings (SSSR count). The van der Waals surface area contributed by atoms with Crippen LogP contribution >= 0.6 is 11.8 Å². The van der Waals surface area contributed by atoms with Crippen molar-refractivity contribution in [2.24, 2.45) is 0 Å². The van der Waals surface area contributed by atoms with Crippen molar-refractivity contribution < 1.29 is 14.3 Å². The number of hydrogen-bond donors (Lipinski definition) is 1. The molecular formula is C27H28N6O3S. The summed E-state index contributed by atoms with van der Waals surface area (Å²) in [6.07, 6.45) is 5.87. The zero-order valence-corrected chi connectivity index (χ0v) is 21.6. The summed E-state index contributed by atoms with van der Waals surface area (Å²) < 4.78 is 14.6. The van der Waals surface area contributed by atoms with Crippen molar-refractivity contribution in [1.29, 1.82) is 0 Å². The fourth-order valence-corrected chi connectivity index (χ4v) is 4.56. The summed E-state index contributed by atoms with van der Waals surface area (Å²) in [5.41, 5.74) is 4.35. The van der Waals surface area contributed by atoms with E-state index < -0.39 is 0 Å². The third kappa shape index (κ3) is 5.69. The van der Waals surface area contributed by atoms with E-state index in [9.17, 15) is 4.79 Å². The number of rotatable bonds is 11. The summed E-state index contributed by atoms with van der Waals surface area (Å²) in [5.74, 6) is 1.80. The minimum atomic E-state index is -0.0765. The molecule has 37 heavy (non-hydrogen) atoms. The number of amides is 1. The Balaban J connectivity index is 1.24. The molecule has 0 fully saturated rings. The van der Waals surface area contributed by atoms with Crippen LogP contribution in [-0.2, 0) is 11.3 Å². The van der Waals surface area contributed by atoms with Gasteiger partial charge in [0.15, 0.2) is 10.8 Å². The normalized spacial score (nSPS) is 11.2. The average molecular weight is 517 g/mol. The Kier molecular flexibility index (Phi) is 7.55. The minimum absolute atomic E-state index is 0.0765. The molecule has 0 aliphatic rings. The highest BCUT2D eigenvalue weighted by atomic mass is 32.2. The van der Waals surface area contributed by atoms with Gasteiger partial charge >= 0.3 is 0 Å². The van der Waals surface area contributed by atoms with Crippen molar-refractivity contribution in [3.8, 4) is 22.8 Å². The maximum Gasteiger partial charge on any atom is 0.230 e. The first-order chi connectivity index (χ1) is 18.1. The highest BCUT2D eigenvalue weighted by Crippen LogP contribution is 2.26. The van der Waals surface area contributed by atoms with Crippen LogP contribution in [0.15, 0.2) is 72.1 Å². The second kappa shape index (κ2) is 11.3. The lowest BCUT2D eigenvalue weighted by atomic mass is 10.1. The summed E-state index contributed by atoms with van der Waals surface area (Å²) in [4.78, 5) is 12.4. The lowest BCUT2D eigenvalue weighted by molar-refractivity contribution is -0.118. The van der Waals surface area contributed by atoms with Crippen molar-refractivity contribution in [2.45, 2.75) is 31.5 Å². The highest BCUT2D eigenvalue weighted by molar-refractivity contribution is 7.99. The zero-order valence-electron chi connectivity index (χ0n) is 20.8. The number of methoxy groups -OCH3 is 1. The van der Waals surface area contributed by atoms with Crippen LogP contribution in [-0.4, -0.2) is 49.6 Å². The zero-order chi connectivity index (χ0) is 25.6. The van der Waals surface area contributed by atoms with Crippen molar-refractivity contribution >= 4 is 28.8 Å². The summed E-state index contributed by atoms with van der Waals surface area (Å²) >= 11 is 1.34. The molecule has 0 spiro atoms.